The van der Waals surface area contributed by atoms with Crippen molar-refractivity contribution in [2.24, 2.45) is 0 Å². The third-order valence-electron chi connectivity index (χ3n) is 7.44. The number of β-amino-alcohol motifs (C(OH)–C–C–N with tert-alkyl or cyclic N) is 1. The van der Waals surface area contributed by atoms with Crippen LogP contribution in [0.5, 0.6) is 5.75 Å². The van der Waals surface area contributed by atoms with E-state index in [4.69, 9.17) is 4.74 Å². The van der Waals surface area contributed by atoms with Crippen LogP contribution in [0.4, 0.5) is 0 Å². The van der Waals surface area contributed by atoms with Crippen molar-refractivity contribution in [3.8, 4) is 11.8 Å². The van der Waals surface area contributed by atoms with Crippen molar-refractivity contribution >= 4 is 5.78 Å². The second-order valence-corrected chi connectivity index (χ2v) is 9.67. The summed E-state index contributed by atoms with van der Waals surface area (Å²) in [5, 5.41) is 20.4. The summed E-state index contributed by atoms with van der Waals surface area (Å²) in [6.07, 6.45) is 3.39. The van der Waals surface area contributed by atoms with Crippen molar-refractivity contribution in [3.05, 3.63) is 65.7 Å². The van der Waals surface area contributed by atoms with Gasteiger partial charge in [0.05, 0.1) is 11.5 Å². The fourth-order valence-corrected chi connectivity index (χ4v) is 5.32. The molecular formula is C28H35N3O3. The largest absolute Gasteiger partial charge is 0.491 e. The molecule has 1 saturated heterocycles. The van der Waals surface area contributed by atoms with E-state index in [1.54, 1.807) is 24.3 Å². The van der Waals surface area contributed by atoms with Crippen LogP contribution in [-0.4, -0.2) is 72.2 Å². The lowest BCUT2D eigenvalue weighted by atomic mass is 9.69. The molecule has 2 aromatic carbocycles. The highest BCUT2D eigenvalue weighted by Crippen LogP contribution is 2.40. The predicted octanol–water partition coefficient (Wildman–Crippen LogP) is 3.65. The second kappa shape index (κ2) is 11.1. The number of nitriles is 1. The van der Waals surface area contributed by atoms with Crippen molar-refractivity contribution in [1.29, 1.82) is 5.26 Å². The van der Waals surface area contributed by atoms with Crippen LogP contribution in [0.2, 0.25) is 0 Å². The van der Waals surface area contributed by atoms with Crippen LogP contribution in [0.25, 0.3) is 0 Å². The summed E-state index contributed by atoms with van der Waals surface area (Å²) in [6, 6.07) is 20.5. The number of aliphatic hydroxyl groups is 1. The van der Waals surface area contributed by atoms with Crippen LogP contribution in [0.1, 0.15) is 48.5 Å². The molecule has 1 heterocycles. The number of ketones is 1. The minimum absolute atomic E-state index is 0.0273. The summed E-state index contributed by atoms with van der Waals surface area (Å²) in [6.45, 7) is 6.22. The Morgan fingerprint density at radius 1 is 1.09 bits per heavy atom. The van der Waals surface area contributed by atoms with Gasteiger partial charge >= 0.3 is 0 Å². The molecule has 0 radical (unpaired) electrons. The van der Waals surface area contributed by atoms with E-state index in [-0.39, 0.29) is 17.8 Å². The molecule has 6 heteroatoms. The predicted molar refractivity (Wildman–Crippen MR) is 132 cm³/mol. The Balaban J connectivity index is 1.19. The number of ether oxygens (including phenoxy) is 1. The minimum Gasteiger partial charge on any atom is -0.491 e. The van der Waals surface area contributed by atoms with E-state index in [9.17, 15) is 15.2 Å². The molecular weight excluding hydrogens is 426 g/mol. The molecule has 0 amide bonds. The molecule has 1 aliphatic heterocycles. The molecule has 4 rings (SSSR count). The fraction of sp³-hybridized carbons (Fsp3) is 0.500. The van der Waals surface area contributed by atoms with Gasteiger partial charge < -0.3 is 9.84 Å². The third kappa shape index (κ3) is 5.85. The maximum Gasteiger partial charge on any atom is 0.159 e. The summed E-state index contributed by atoms with van der Waals surface area (Å²) in [5.41, 5.74) is 1.48. The summed E-state index contributed by atoms with van der Waals surface area (Å²) in [7, 11) is 0. The average Bonchev–Trinajstić information content (AvgIpc) is 2.89. The maximum atomic E-state index is 11.4. The number of benzene rings is 2. The Hall–Kier alpha value is -2.72. The van der Waals surface area contributed by atoms with Gasteiger partial charge in [0, 0.05) is 44.3 Å². The second-order valence-electron chi connectivity index (χ2n) is 9.67. The maximum absolute atomic E-state index is 11.4. The molecule has 6 nitrogen and oxygen atoms in total. The first-order valence-corrected chi connectivity index (χ1v) is 12.3. The number of rotatable bonds is 8. The van der Waals surface area contributed by atoms with Gasteiger partial charge in [-0.15, -0.1) is 0 Å². The Kier molecular flexibility index (Phi) is 7.99. The zero-order valence-electron chi connectivity index (χ0n) is 20.0. The molecule has 1 aliphatic carbocycles. The molecule has 0 bridgehead atoms. The van der Waals surface area contributed by atoms with Crippen molar-refractivity contribution in [2.75, 3.05) is 39.3 Å². The molecule has 1 atom stereocenters. The number of Topliss-reactive ketones (excluding diaryl/α,β-unsaturated/α-hetero) is 1. The number of carbonyl (C=O) groups is 1. The summed E-state index contributed by atoms with van der Waals surface area (Å²) < 4.78 is 5.70. The summed E-state index contributed by atoms with van der Waals surface area (Å²) in [5.74, 6) is 0.689. The van der Waals surface area contributed by atoms with E-state index >= 15 is 0 Å². The van der Waals surface area contributed by atoms with Crippen molar-refractivity contribution in [1.82, 2.24) is 9.80 Å². The van der Waals surface area contributed by atoms with Gasteiger partial charge in [0.15, 0.2) is 5.78 Å². The number of aliphatic hydroxyl groups excluding tert-OH is 1. The highest BCUT2D eigenvalue weighted by Gasteiger charge is 2.39. The molecule has 2 aliphatic rings. The van der Waals surface area contributed by atoms with E-state index in [1.807, 2.05) is 18.2 Å². The van der Waals surface area contributed by atoms with Crippen LogP contribution in [0.15, 0.2) is 54.6 Å². The van der Waals surface area contributed by atoms with Gasteiger partial charge in [0.1, 0.15) is 18.5 Å². The zero-order valence-corrected chi connectivity index (χ0v) is 20.0. The lowest BCUT2D eigenvalue weighted by Gasteiger charge is -2.44. The molecule has 34 heavy (non-hydrogen) atoms. The quantitative estimate of drug-likeness (QED) is 0.605. The fourth-order valence-electron chi connectivity index (χ4n) is 5.32. The van der Waals surface area contributed by atoms with E-state index in [0.29, 0.717) is 23.9 Å². The van der Waals surface area contributed by atoms with Crippen LogP contribution in [0, 0.1) is 11.3 Å². The van der Waals surface area contributed by atoms with Crippen LogP contribution in [0.3, 0.4) is 0 Å². The van der Waals surface area contributed by atoms with Crippen LogP contribution >= 0.6 is 0 Å². The minimum atomic E-state index is -0.559. The first kappa shape index (κ1) is 24.4. The monoisotopic (exact) mass is 461 g/mol. The topological polar surface area (TPSA) is 76.8 Å². The molecule has 2 fully saturated rings. The highest BCUT2D eigenvalue weighted by atomic mass is 16.5. The molecule has 180 valence electrons. The van der Waals surface area contributed by atoms with Gasteiger partial charge in [-0.1, -0.05) is 30.3 Å². The number of hydrogen-bond donors (Lipinski definition) is 1. The van der Waals surface area contributed by atoms with Crippen LogP contribution < -0.4 is 4.74 Å². The smallest absolute Gasteiger partial charge is 0.159 e. The SMILES string of the molecule is CC(=O)c1ccc(OCC(O)CN2CCN(C3CCC(C#N)(c4ccccc4)CC3)CC2)cc1. The van der Waals surface area contributed by atoms with Crippen molar-refractivity contribution in [2.45, 2.75) is 50.2 Å². The number of nitrogens with zero attached hydrogens (tertiary/aromatic N) is 3. The van der Waals surface area contributed by atoms with Gasteiger partial charge in [-0.2, -0.15) is 5.26 Å². The Morgan fingerprint density at radius 3 is 2.32 bits per heavy atom. The third-order valence-corrected chi connectivity index (χ3v) is 7.44. The highest BCUT2D eigenvalue weighted by molar-refractivity contribution is 5.94. The molecule has 0 aromatic heterocycles. The molecule has 2 aromatic rings. The normalized spacial score (nSPS) is 24.8. The van der Waals surface area contributed by atoms with Gasteiger partial charge in [-0.05, 0) is 62.4 Å². The van der Waals surface area contributed by atoms with E-state index < -0.39 is 6.10 Å². The number of carbonyl (C=O) groups excluding carboxylic acids is 1. The first-order valence-electron chi connectivity index (χ1n) is 12.3. The molecule has 1 saturated carbocycles. The molecule has 0 spiro atoms. The Labute approximate surface area is 202 Å². The lowest BCUT2D eigenvalue weighted by molar-refractivity contribution is 0.0286. The summed E-state index contributed by atoms with van der Waals surface area (Å²) >= 11 is 0. The first-order chi connectivity index (χ1) is 16.5. The van der Waals surface area contributed by atoms with Crippen molar-refractivity contribution < 1.29 is 14.6 Å². The average molecular weight is 462 g/mol. The standard InChI is InChI=1S/C28H35N3O3/c1-22(32)23-7-9-27(10-8-23)34-20-26(33)19-30-15-17-31(18-16-30)25-11-13-28(21-29,14-12-25)24-5-3-2-4-6-24/h2-10,25-26,33H,11-20H2,1H3. The molecule has 1 N–H and O–H groups in total. The zero-order chi connectivity index (χ0) is 24.0. The van der Waals surface area contributed by atoms with Gasteiger partial charge in [0.2, 0.25) is 0 Å². The van der Waals surface area contributed by atoms with Gasteiger partial charge in [-0.3, -0.25) is 14.6 Å². The van der Waals surface area contributed by atoms with Gasteiger partial charge in [-0.25, -0.2) is 0 Å². The lowest BCUT2D eigenvalue weighted by Crippen LogP contribution is -2.53. The van der Waals surface area contributed by atoms with E-state index in [0.717, 1.165) is 57.4 Å². The number of hydrogen-bond acceptors (Lipinski definition) is 6. The van der Waals surface area contributed by atoms with E-state index in [2.05, 4.69) is 28.0 Å². The Bertz CT molecular complexity index is 970. The van der Waals surface area contributed by atoms with Crippen LogP contribution in [-0.2, 0) is 5.41 Å². The van der Waals surface area contributed by atoms with Gasteiger partial charge in [0.25, 0.3) is 0 Å². The van der Waals surface area contributed by atoms with E-state index in [1.165, 1.54) is 6.92 Å². The summed E-state index contributed by atoms with van der Waals surface area (Å²) in [4.78, 5) is 16.2. The number of piperazine rings is 1. The Morgan fingerprint density at radius 2 is 1.74 bits per heavy atom. The molecule has 1 unspecified atom stereocenters. The van der Waals surface area contributed by atoms with Crippen molar-refractivity contribution in [3.63, 3.8) is 0 Å².